The van der Waals surface area contributed by atoms with Crippen molar-refractivity contribution in [3.63, 3.8) is 0 Å². The summed E-state index contributed by atoms with van der Waals surface area (Å²) in [6.07, 6.45) is -0.399. The Morgan fingerprint density at radius 3 is 2.21 bits per heavy atom. The van der Waals surface area contributed by atoms with E-state index in [-0.39, 0.29) is 24.8 Å². The molecule has 1 aromatic heterocycles. The molecule has 1 atom stereocenters. The highest BCUT2D eigenvalue weighted by Gasteiger charge is 2.21. The van der Waals surface area contributed by atoms with Gasteiger partial charge >= 0.3 is 0 Å². The maximum atomic E-state index is 11.0. The number of piperazine rings is 1. The lowest BCUT2D eigenvalue weighted by Crippen LogP contribution is -2.49. The Balaban J connectivity index is 0.00000153. The maximum absolute atomic E-state index is 11.0. The van der Waals surface area contributed by atoms with E-state index in [0.29, 0.717) is 13.1 Å². The Hall–Kier alpha value is -1.51. The summed E-state index contributed by atoms with van der Waals surface area (Å²) in [5.74, 6) is 0. The fourth-order valence-corrected chi connectivity index (χ4v) is 5.22. The highest BCUT2D eigenvalue weighted by molar-refractivity contribution is 14.1. The van der Waals surface area contributed by atoms with Gasteiger partial charge in [-0.05, 0) is 65.9 Å². The molecule has 1 fully saturated rings. The van der Waals surface area contributed by atoms with Crippen LogP contribution in [0.5, 0.6) is 0 Å². The summed E-state index contributed by atoms with van der Waals surface area (Å²) in [5.41, 5.74) is 4.99. The largest absolute Gasteiger partial charge is 0.390 e. The van der Waals surface area contributed by atoms with Crippen LogP contribution in [0.4, 0.5) is 5.69 Å². The monoisotopic (exact) mass is 597 g/mol. The second-order valence-electron chi connectivity index (χ2n) is 8.57. The van der Waals surface area contributed by atoms with Gasteiger partial charge in [0.15, 0.2) is 0 Å². The van der Waals surface area contributed by atoms with Crippen molar-refractivity contribution < 1.29 is 5.11 Å². The third-order valence-corrected chi connectivity index (χ3v) is 7.04. The van der Waals surface area contributed by atoms with Gasteiger partial charge in [-0.25, -0.2) is 0 Å². The number of anilines is 1. The molecule has 5 rings (SSSR count). The van der Waals surface area contributed by atoms with Crippen LogP contribution in [0.2, 0.25) is 0 Å². The first-order chi connectivity index (χ1) is 15.1. The van der Waals surface area contributed by atoms with Gasteiger partial charge in [0, 0.05) is 63.8 Å². The van der Waals surface area contributed by atoms with Crippen LogP contribution >= 0.6 is 47.4 Å². The molecule has 0 saturated carbocycles. The number of nitrogens with zero attached hydrogens (tertiary/aromatic N) is 3. The van der Waals surface area contributed by atoms with Gasteiger partial charge in [0.1, 0.15) is 0 Å². The maximum Gasteiger partial charge on any atom is 0.0845 e. The zero-order valence-corrected chi connectivity index (χ0v) is 22.4. The molecule has 4 nitrogen and oxygen atoms in total. The molecule has 1 saturated heterocycles. The van der Waals surface area contributed by atoms with Crippen molar-refractivity contribution in [3.05, 3.63) is 75.9 Å². The minimum atomic E-state index is -0.399. The molecule has 1 aliphatic rings. The van der Waals surface area contributed by atoms with Gasteiger partial charge in [0.2, 0.25) is 0 Å². The Bertz CT molecular complexity index is 1200. The normalized spacial score (nSPS) is 15.3. The molecule has 1 N–H and O–H groups in total. The van der Waals surface area contributed by atoms with E-state index in [0.717, 1.165) is 26.2 Å². The Morgan fingerprint density at radius 2 is 1.48 bits per heavy atom. The van der Waals surface area contributed by atoms with Gasteiger partial charge < -0.3 is 14.6 Å². The van der Waals surface area contributed by atoms with E-state index in [4.69, 9.17) is 0 Å². The number of aliphatic hydroxyl groups is 1. The number of hydrogen-bond acceptors (Lipinski definition) is 3. The molecular formula is C26H30Cl2IN3O. The highest BCUT2D eigenvalue weighted by Crippen LogP contribution is 2.30. The van der Waals surface area contributed by atoms with Gasteiger partial charge in [0.05, 0.1) is 12.6 Å². The van der Waals surface area contributed by atoms with Crippen LogP contribution in [0.15, 0.2) is 66.7 Å². The van der Waals surface area contributed by atoms with Gasteiger partial charge in [-0.1, -0.05) is 35.9 Å². The fourth-order valence-electron chi connectivity index (χ4n) is 4.73. The lowest BCUT2D eigenvalue weighted by atomic mass is 10.2. The first kappa shape index (κ1) is 26.1. The van der Waals surface area contributed by atoms with Crippen LogP contribution in [0, 0.1) is 10.5 Å². The molecule has 0 aliphatic carbocycles. The van der Waals surface area contributed by atoms with E-state index in [1.807, 2.05) is 0 Å². The van der Waals surface area contributed by atoms with Crippen LogP contribution in [0.3, 0.4) is 0 Å². The summed E-state index contributed by atoms with van der Waals surface area (Å²) in [7, 11) is 0. The van der Waals surface area contributed by atoms with Crippen LogP contribution in [0.1, 0.15) is 5.56 Å². The van der Waals surface area contributed by atoms with Crippen LogP contribution in [-0.4, -0.2) is 53.4 Å². The van der Waals surface area contributed by atoms with Crippen molar-refractivity contribution in [1.82, 2.24) is 9.47 Å². The van der Waals surface area contributed by atoms with E-state index >= 15 is 0 Å². The molecule has 2 heterocycles. The standard InChI is InChI=1S/C26H28IN3O.2ClH/c1-19-6-9-21(10-7-19)29-14-12-28(13-15-29)17-22(31)18-30-25-5-3-2-4-23(25)24-16-20(27)8-11-26(24)30;;/h2-11,16,22,31H,12-15,17-18H2,1H3;2*1H. The molecule has 0 bridgehead atoms. The Morgan fingerprint density at radius 1 is 0.818 bits per heavy atom. The summed E-state index contributed by atoms with van der Waals surface area (Å²) in [6, 6.07) is 23.9. The van der Waals surface area contributed by atoms with E-state index in [1.54, 1.807) is 0 Å². The van der Waals surface area contributed by atoms with Crippen LogP contribution in [-0.2, 0) is 6.54 Å². The van der Waals surface area contributed by atoms with Crippen molar-refractivity contribution in [3.8, 4) is 0 Å². The fraction of sp³-hybridized carbons (Fsp3) is 0.308. The first-order valence-electron chi connectivity index (χ1n) is 11.0. The summed E-state index contributed by atoms with van der Waals surface area (Å²) >= 11 is 2.37. The van der Waals surface area contributed by atoms with E-state index in [1.165, 1.54) is 36.6 Å². The molecule has 0 amide bonds. The predicted octanol–water partition coefficient (Wildman–Crippen LogP) is 5.73. The first-order valence-corrected chi connectivity index (χ1v) is 12.0. The predicted molar refractivity (Wildman–Crippen MR) is 152 cm³/mol. The second-order valence-corrected chi connectivity index (χ2v) is 9.81. The third kappa shape index (κ3) is 5.60. The number of para-hydroxylation sites is 1. The second kappa shape index (κ2) is 11.3. The number of halogens is 3. The van der Waals surface area contributed by atoms with Crippen molar-refractivity contribution in [1.29, 1.82) is 0 Å². The quantitative estimate of drug-likeness (QED) is 0.298. The molecule has 7 heteroatoms. The van der Waals surface area contributed by atoms with Crippen LogP contribution in [0.25, 0.3) is 21.8 Å². The molecule has 3 aromatic carbocycles. The number of aromatic nitrogens is 1. The van der Waals surface area contributed by atoms with E-state index in [2.05, 4.69) is 111 Å². The Labute approximate surface area is 221 Å². The molecule has 1 unspecified atom stereocenters. The van der Waals surface area contributed by atoms with Gasteiger partial charge in [-0.15, -0.1) is 24.8 Å². The smallest absolute Gasteiger partial charge is 0.0845 e. The number of aryl methyl sites for hydroxylation is 1. The Kier molecular flexibility index (Phi) is 8.92. The lowest BCUT2D eigenvalue weighted by molar-refractivity contribution is 0.0969. The van der Waals surface area contributed by atoms with Gasteiger partial charge in [0.25, 0.3) is 0 Å². The molecular weight excluding hydrogens is 568 g/mol. The topological polar surface area (TPSA) is 31.6 Å². The minimum absolute atomic E-state index is 0. The van der Waals surface area contributed by atoms with Crippen molar-refractivity contribution >= 4 is 74.9 Å². The molecule has 0 radical (unpaired) electrons. The SMILES string of the molecule is Cc1ccc(N2CCN(CC(O)Cn3c4ccccc4c4cc(I)ccc43)CC2)cc1.Cl.Cl. The molecule has 0 spiro atoms. The minimum Gasteiger partial charge on any atom is -0.390 e. The summed E-state index contributed by atoms with van der Waals surface area (Å²) < 4.78 is 3.52. The zero-order chi connectivity index (χ0) is 21.4. The summed E-state index contributed by atoms with van der Waals surface area (Å²) in [6.45, 7) is 7.42. The number of aliphatic hydroxyl groups excluding tert-OH is 1. The lowest BCUT2D eigenvalue weighted by Gasteiger charge is -2.37. The highest BCUT2D eigenvalue weighted by atomic mass is 127. The molecule has 4 aromatic rings. The van der Waals surface area contributed by atoms with Crippen LogP contribution < -0.4 is 4.90 Å². The average molecular weight is 598 g/mol. The third-order valence-electron chi connectivity index (χ3n) is 6.37. The van der Waals surface area contributed by atoms with E-state index < -0.39 is 6.10 Å². The molecule has 176 valence electrons. The van der Waals surface area contributed by atoms with Crippen molar-refractivity contribution in [2.45, 2.75) is 19.6 Å². The number of fused-ring (bicyclic) bond motifs is 3. The van der Waals surface area contributed by atoms with Gasteiger partial charge in [-0.2, -0.15) is 0 Å². The van der Waals surface area contributed by atoms with E-state index in [9.17, 15) is 5.11 Å². The van der Waals surface area contributed by atoms with Crippen molar-refractivity contribution in [2.75, 3.05) is 37.6 Å². The van der Waals surface area contributed by atoms with Gasteiger partial charge in [-0.3, -0.25) is 4.90 Å². The number of hydrogen-bond donors (Lipinski definition) is 1. The zero-order valence-electron chi connectivity index (χ0n) is 18.7. The summed E-state index contributed by atoms with van der Waals surface area (Å²) in [5, 5.41) is 13.5. The molecule has 33 heavy (non-hydrogen) atoms. The number of β-amino-alcohol motifs (C(OH)–C–C–N with tert-alkyl or cyclic N) is 1. The number of rotatable bonds is 5. The molecule has 1 aliphatic heterocycles. The summed E-state index contributed by atoms with van der Waals surface area (Å²) in [4.78, 5) is 4.84. The number of benzene rings is 3. The average Bonchev–Trinajstić information content (AvgIpc) is 3.08. The van der Waals surface area contributed by atoms with Crippen molar-refractivity contribution in [2.24, 2.45) is 0 Å².